The van der Waals surface area contributed by atoms with Gasteiger partial charge in [0.15, 0.2) is 0 Å². The number of likely N-dealkylation sites (tertiary alicyclic amines) is 1. The molecule has 0 saturated carbocycles. The number of carbonyl (C=O) groups is 1. The number of hydrogen-bond donors (Lipinski definition) is 2. The zero-order valence-electron chi connectivity index (χ0n) is 12.4. The van der Waals surface area contributed by atoms with Crippen LogP contribution in [0.3, 0.4) is 0 Å². The molecule has 1 fully saturated rings. The van der Waals surface area contributed by atoms with E-state index >= 15 is 0 Å². The second kappa shape index (κ2) is 6.87. The number of amides is 1. The molecule has 0 aliphatic carbocycles. The van der Waals surface area contributed by atoms with Crippen molar-refractivity contribution in [1.82, 2.24) is 4.90 Å². The average molecular weight is 295 g/mol. The molecule has 21 heavy (non-hydrogen) atoms. The van der Waals surface area contributed by atoms with Gasteiger partial charge in [-0.25, -0.2) is 4.39 Å². The number of halogens is 1. The Balaban J connectivity index is 1.97. The van der Waals surface area contributed by atoms with E-state index in [4.69, 9.17) is 10.5 Å². The maximum Gasteiger partial charge on any atom is 0.241 e. The van der Waals surface area contributed by atoms with Crippen molar-refractivity contribution in [2.45, 2.75) is 31.9 Å². The van der Waals surface area contributed by atoms with Crippen LogP contribution >= 0.6 is 0 Å². The Bertz CT molecular complexity index is 510. The summed E-state index contributed by atoms with van der Waals surface area (Å²) in [5.41, 5.74) is 6.03. The summed E-state index contributed by atoms with van der Waals surface area (Å²) in [7, 11) is 1.69. The summed E-state index contributed by atoms with van der Waals surface area (Å²) in [5.74, 6) is -0.613. The van der Waals surface area contributed by atoms with Gasteiger partial charge in [0.05, 0.1) is 17.8 Å². The van der Waals surface area contributed by atoms with Crippen LogP contribution in [0, 0.1) is 5.82 Å². The number of nitrogens with zero attached hydrogens (tertiary/aromatic N) is 1. The van der Waals surface area contributed by atoms with Gasteiger partial charge in [-0.15, -0.1) is 0 Å². The van der Waals surface area contributed by atoms with Gasteiger partial charge in [-0.1, -0.05) is 0 Å². The monoisotopic (exact) mass is 295 g/mol. The zero-order chi connectivity index (χ0) is 15.4. The molecule has 2 unspecified atom stereocenters. The third-order valence-corrected chi connectivity index (χ3v) is 3.93. The maximum absolute atomic E-state index is 13.1. The standard InChI is InChI=1S/C15H22FN3O2/c1-10(19-7-3-4-12(9-19)21-2)15(20)18-11-5-6-13(16)14(17)8-11/h5-6,8,10,12H,3-4,7,9,17H2,1-2H3,(H,18,20). The lowest BCUT2D eigenvalue weighted by Crippen LogP contribution is -2.48. The fourth-order valence-electron chi connectivity index (χ4n) is 2.54. The van der Waals surface area contributed by atoms with Crippen molar-refractivity contribution in [3.05, 3.63) is 24.0 Å². The summed E-state index contributed by atoms with van der Waals surface area (Å²) >= 11 is 0. The first-order chi connectivity index (χ1) is 10.0. The van der Waals surface area contributed by atoms with Gasteiger partial charge in [-0.05, 0) is 44.5 Å². The molecule has 5 nitrogen and oxygen atoms in total. The van der Waals surface area contributed by atoms with Gasteiger partial charge in [-0.3, -0.25) is 9.69 Å². The summed E-state index contributed by atoms with van der Waals surface area (Å²) in [4.78, 5) is 14.4. The van der Waals surface area contributed by atoms with E-state index in [1.54, 1.807) is 7.11 Å². The molecule has 0 aromatic heterocycles. The fraction of sp³-hybridized carbons (Fsp3) is 0.533. The van der Waals surface area contributed by atoms with E-state index in [1.165, 1.54) is 18.2 Å². The van der Waals surface area contributed by atoms with Crippen molar-refractivity contribution in [3.8, 4) is 0 Å². The van der Waals surface area contributed by atoms with Crippen LogP contribution in [0.2, 0.25) is 0 Å². The summed E-state index contributed by atoms with van der Waals surface area (Å²) in [6.07, 6.45) is 2.21. The molecule has 2 rings (SSSR count). The SMILES string of the molecule is COC1CCCN(C(C)C(=O)Nc2ccc(F)c(N)c2)C1. The first kappa shape index (κ1) is 15.7. The predicted molar refractivity (Wildman–Crippen MR) is 80.5 cm³/mol. The normalized spacial score (nSPS) is 21.0. The lowest BCUT2D eigenvalue weighted by Gasteiger charge is -2.35. The number of nitrogen functional groups attached to an aromatic ring is 1. The largest absolute Gasteiger partial charge is 0.396 e. The van der Waals surface area contributed by atoms with Crippen LogP contribution in [0.4, 0.5) is 15.8 Å². The molecule has 0 radical (unpaired) electrons. The van der Waals surface area contributed by atoms with Crippen molar-refractivity contribution >= 4 is 17.3 Å². The third-order valence-electron chi connectivity index (χ3n) is 3.93. The Morgan fingerprint density at radius 3 is 3.00 bits per heavy atom. The first-order valence-electron chi connectivity index (χ1n) is 7.14. The van der Waals surface area contributed by atoms with Gasteiger partial charge in [0.1, 0.15) is 5.82 Å². The van der Waals surface area contributed by atoms with E-state index in [1.807, 2.05) is 6.92 Å². The third kappa shape index (κ3) is 3.92. The number of rotatable bonds is 4. The summed E-state index contributed by atoms with van der Waals surface area (Å²) < 4.78 is 18.5. The van der Waals surface area contributed by atoms with Crippen molar-refractivity contribution in [2.75, 3.05) is 31.2 Å². The zero-order valence-corrected chi connectivity index (χ0v) is 12.4. The lowest BCUT2D eigenvalue weighted by molar-refractivity contribution is -0.122. The highest BCUT2D eigenvalue weighted by molar-refractivity contribution is 5.94. The maximum atomic E-state index is 13.1. The summed E-state index contributed by atoms with van der Waals surface area (Å²) in [5, 5.41) is 2.77. The van der Waals surface area contributed by atoms with Crippen molar-refractivity contribution in [3.63, 3.8) is 0 Å². The molecule has 1 amide bonds. The van der Waals surface area contributed by atoms with Crippen LogP contribution in [-0.4, -0.2) is 43.2 Å². The van der Waals surface area contributed by atoms with E-state index in [-0.39, 0.29) is 23.7 Å². The second-order valence-corrected chi connectivity index (χ2v) is 5.40. The summed E-state index contributed by atoms with van der Waals surface area (Å²) in [6.45, 7) is 3.48. The van der Waals surface area contributed by atoms with Crippen molar-refractivity contribution in [1.29, 1.82) is 0 Å². The fourth-order valence-corrected chi connectivity index (χ4v) is 2.54. The Morgan fingerprint density at radius 2 is 2.33 bits per heavy atom. The topological polar surface area (TPSA) is 67.6 Å². The molecule has 1 aliphatic rings. The van der Waals surface area contributed by atoms with Gasteiger partial charge in [-0.2, -0.15) is 0 Å². The Labute approximate surface area is 124 Å². The van der Waals surface area contributed by atoms with Crippen LogP contribution in [0.1, 0.15) is 19.8 Å². The highest BCUT2D eigenvalue weighted by atomic mass is 19.1. The molecule has 1 aromatic carbocycles. The number of ether oxygens (including phenoxy) is 1. The number of nitrogens with one attached hydrogen (secondary N) is 1. The number of hydrogen-bond acceptors (Lipinski definition) is 4. The van der Waals surface area contributed by atoms with Gasteiger partial charge < -0.3 is 15.8 Å². The van der Waals surface area contributed by atoms with E-state index < -0.39 is 5.82 Å². The smallest absolute Gasteiger partial charge is 0.241 e. The molecular formula is C15H22FN3O2. The van der Waals surface area contributed by atoms with Crippen LogP contribution in [0.5, 0.6) is 0 Å². The van der Waals surface area contributed by atoms with E-state index in [0.717, 1.165) is 25.9 Å². The van der Waals surface area contributed by atoms with E-state index in [0.29, 0.717) is 5.69 Å². The minimum atomic E-state index is -0.486. The molecule has 2 atom stereocenters. The Kier molecular flexibility index (Phi) is 5.14. The highest BCUT2D eigenvalue weighted by Gasteiger charge is 2.27. The number of piperidine rings is 1. The molecule has 1 aromatic rings. The molecule has 116 valence electrons. The van der Waals surface area contributed by atoms with Gasteiger partial charge in [0.2, 0.25) is 5.91 Å². The number of methoxy groups -OCH3 is 1. The van der Waals surface area contributed by atoms with Crippen molar-refractivity contribution < 1.29 is 13.9 Å². The van der Waals surface area contributed by atoms with Crippen molar-refractivity contribution in [2.24, 2.45) is 0 Å². The lowest BCUT2D eigenvalue weighted by atomic mass is 10.1. The molecule has 3 N–H and O–H groups in total. The van der Waals surface area contributed by atoms with Crippen LogP contribution in [0.15, 0.2) is 18.2 Å². The molecule has 1 heterocycles. The highest BCUT2D eigenvalue weighted by Crippen LogP contribution is 2.19. The van der Waals surface area contributed by atoms with Gasteiger partial charge in [0, 0.05) is 19.3 Å². The second-order valence-electron chi connectivity index (χ2n) is 5.40. The van der Waals surface area contributed by atoms with Gasteiger partial charge >= 0.3 is 0 Å². The molecule has 0 bridgehead atoms. The molecule has 1 aliphatic heterocycles. The molecule has 1 saturated heterocycles. The number of nitrogens with two attached hydrogens (primary N) is 1. The minimum Gasteiger partial charge on any atom is -0.396 e. The quantitative estimate of drug-likeness (QED) is 0.832. The average Bonchev–Trinajstić information content (AvgIpc) is 2.50. The molecule has 6 heteroatoms. The van der Waals surface area contributed by atoms with Crippen LogP contribution in [0.25, 0.3) is 0 Å². The van der Waals surface area contributed by atoms with Crippen LogP contribution < -0.4 is 11.1 Å². The Morgan fingerprint density at radius 1 is 1.57 bits per heavy atom. The minimum absolute atomic E-state index is 0.0258. The van der Waals surface area contributed by atoms with E-state index in [9.17, 15) is 9.18 Å². The number of anilines is 2. The van der Waals surface area contributed by atoms with E-state index in [2.05, 4.69) is 10.2 Å². The summed E-state index contributed by atoms with van der Waals surface area (Å²) in [6, 6.07) is 3.91. The Hall–Kier alpha value is -1.66. The number of benzene rings is 1. The van der Waals surface area contributed by atoms with Gasteiger partial charge in [0.25, 0.3) is 0 Å². The number of carbonyl (C=O) groups excluding carboxylic acids is 1. The predicted octanol–water partition coefficient (Wildman–Crippen LogP) is 1.85. The molecule has 0 spiro atoms. The first-order valence-corrected chi connectivity index (χ1v) is 7.14. The molecular weight excluding hydrogens is 273 g/mol. The van der Waals surface area contributed by atoms with Crippen LogP contribution in [-0.2, 0) is 9.53 Å².